The Kier molecular flexibility index (Phi) is 5.74. The quantitative estimate of drug-likeness (QED) is 0.612. The normalized spacial score (nSPS) is 11.6. The first kappa shape index (κ1) is 14.6. The minimum absolute atomic E-state index is 0.339. The van der Waals surface area contributed by atoms with E-state index in [0.717, 1.165) is 12.1 Å². The summed E-state index contributed by atoms with van der Waals surface area (Å²) >= 11 is -2.09. The van der Waals surface area contributed by atoms with Crippen LogP contribution in [0.15, 0.2) is 47.9 Å². The average Bonchev–Trinajstić information content (AvgIpc) is 2.76. The minimum Gasteiger partial charge on any atom is -0.768 e. The molecule has 1 aromatic heterocycles. The number of benzene rings is 1. The Bertz CT molecular complexity index is 506. The van der Waals surface area contributed by atoms with Crippen LogP contribution in [-0.2, 0) is 24.7 Å². The fourth-order valence-electron chi connectivity index (χ4n) is 1.34. The highest BCUT2D eigenvalue weighted by molar-refractivity contribution is 7.79. The van der Waals surface area contributed by atoms with Crippen LogP contribution in [0, 0.1) is 6.92 Å². The smallest absolute Gasteiger partial charge is 0.243 e. The molecule has 98 valence electrons. The summed E-state index contributed by atoms with van der Waals surface area (Å²) < 4.78 is 24.8. The molecule has 1 aromatic carbocycles. The molecule has 0 aliphatic carbocycles. The molecule has 18 heavy (non-hydrogen) atoms. The van der Waals surface area contributed by atoms with E-state index in [9.17, 15) is 8.76 Å². The van der Waals surface area contributed by atoms with Gasteiger partial charge in [-0.15, -0.1) is 0 Å². The molecule has 0 aliphatic rings. The van der Waals surface area contributed by atoms with Gasteiger partial charge in [0.25, 0.3) is 0 Å². The van der Waals surface area contributed by atoms with E-state index in [4.69, 9.17) is 0 Å². The van der Waals surface area contributed by atoms with Crippen molar-refractivity contribution in [2.45, 2.75) is 25.3 Å². The fraction of sp³-hybridized carbons (Fsp3) is 0.308. The van der Waals surface area contributed by atoms with Gasteiger partial charge in [-0.05, 0) is 37.1 Å². The lowest BCUT2D eigenvalue weighted by Gasteiger charge is -2.03. The highest BCUT2D eigenvalue weighted by Crippen LogP contribution is 2.05. The van der Waals surface area contributed by atoms with Gasteiger partial charge < -0.3 is 4.55 Å². The summed E-state index contributed by atoms with van der Waals surface area (Å²) in [5.41, 5.74) is 1.06. The summed E-state index contributed by atoms with van der Waals surface area (Å²) in [5, 5.41) is 0. The molecule has 1 unspecified atom stereocenters. The van der Waals surface area contributed by atoms with Crippen molar-refractivity contribution in [1.82, 2.24) is 4.57 Å². The summed E-state index contributed by atoms with van der Waals surface area (Å²) in [6.07, 6.45) is 6.14. The monoisotopic (exact) mass is 266 g/mol. The van der Waals surface area contributed by atoms with Crippen LogP contribution in [0.3, 0.4) is 0 Å². The van der Waals surface area contributed by atoms with Crippen LogP contribution in [0.25, 0.3) is 0 Å². The van der Waals surface area contributed by atoms with Crippen LogP contribution in [0.5, 0.6) is 0 Å². The Morgan fingerprint density at radius 3 is 2.28 bits per heavy atom. The maximum atomic E-state index is 10.3. The second-order valence-electron chi connectivity index (χ2n) is 3.96. The first-order valence-electron chi connectivity index (χ1n) is 5.70. The number of imidazole rings is 1. The molecule has 0 amide bonds. The topological polar surface area (TPSA) is 48.9 Å². The van der Waals surface area contributed by atoms with Gasteiger partial charge in [-0.25, -0.2) is 9.13 Å². The molecule has 0 bridgehead atoms. The van der Waals surface area contributed by atoms with Crippen LogP contribution in [0.2, 0.25) is 0 Å². The molecule has 0 fully saturated rings. The minimum atomic E-state index is -2.09. The van der Waals surface area contributed by atoms with Gasteiger partial charge in [-0.3, -0.25) is 4.21 Å². The molecule has 5 heteroatoms. The fourth-order valence-corrected chi connectivity index (χ4v) is 1.70. The van der Waals surface area contributed by atoms with E-state index in [1.54, 1.807) is 24.3 Å². The number of aryl methyl sites for hydroxylation is 3. The molecule has 0 aliphatic heterocycles. The van der Waals surface area contributed by atoms with Crippen LogP contribution in [0.1, 0.15) is 12.5 Å². The molecule has 0 spiro atoms. The largest absolute Gasteiger partial charge is 0.768 e. The van der Waals surface area contributed by atoms with E-state index in [2.05, 4.69) is 24.0 Å². The maximum absolute atomic E-state index is 10.3. The number of aromatic nitrogens is 2. The lowest BCUT2D eigenvalue weighted by atomic mass is 10.2. The van der Waals surface area contributed by atoms with E-state index >= 15 is 0 Å². The van der Waals surface area contributed by atoms with E-state index < -0.39 is 11.1 Å². The first-order valence-corrected chi connectivity index (χ1v) is 6.77. The number of hydrogen-bond acceptors (Lipinski definition) is 2. The Labute approximate surface area is 110 Å². The molecule has 4 nitrogen and oxygen atoms in total. The predicted molar refractivity (Wildman–Crippen MR) is 69.6 cm³/mol. The lowest BCUT2D eigenvalue weighted by molar-refractivity contribution is -0.693. The Morgan fingerprint density at radius 1 is 1.33 bits per heavy atom. The molecule has 0 N–H and O–H groups in total. The van der Waals surface area contributed by atoms with E-state index in [1.165, 1.54) is 0 Å². The summed E-state index contributed by atoms with van der Waals surface area (Å²) in [4.78, 5) is 0.339. The van der Waals surface area contributed by atoms with Crippen molar-refractivity contribution >= 4 is 11.1 Å². The SMILES string of the molecule is CC[n+]1ccn(C)c1.Cc1ccc(S(=O)[O-])cc1. The van der Waals surface area contributed by atoms with Gasteiger partial charge in [0, 0.05) is 4.90 Å². The number of rotatable bonds is 2. The van der Waals surface area contributed by atoms with Gasteiger partial charge >= 0.3 is 0 Å². The van der Waals surface area contributed by atoms with Gasteiger partial charge in [-0.2, -0.15) is 0 Å². The van der Waals surface area contributed by atoms with E-state index in [1.807, 2.05) is 24.7 Å². The van der Waals surface area contributed by atoms with E-state index in [-0.39, 0.29) is 0 Å². The maximum Gasteiger partial charge on any atom is 0.243 e. The van der Waals surface area contributed by atoms with Crippen molar-refractivity contribution in [3.8, 4) is 0 Å². The van der Waals surface area contributed by atoms with E-state index in [0.29, 0.717) is 4.90 Å². The highest BCUT2D eigenvalue weighted by atomic mass is 32.2. The summed E-state index contributed by atoms with van der Waals surface area (Å²) in [6, 6.07) is 6.70. The van der Waals surface area contributed by atoms with Crippen molar-refractivity contribution in [3.05, 3.63) is 48.5 Å². The van der Waals surface area contributed by atoms with Gasteiger partial charge in [0.2, 0.25) is 6.33 Å². The van der Waals surface area contributed by atoms with Gasteiger partial charge in [-0.1, -0.05) is 17.7 Å². The molecular weight excluding hydrogens is 248 g/mol. The van der Waals surface area contributed by atoms with Crippen LogP contribution in [-0.4, -0.2) is 13.3 Å². The second-order valence-corrected chi connectivity index (χ2v) is 4.90. The van der Waals surface area contributed by atoms with Crippen LogP contribution < -0.4 is 4.57 Å². The number of nitrogens with zero attached hydrogens (tertiary/aromatic N) is 2. The van der Waals surface area contributed by atoms with Crippen molar-refractivity contribution in [1.29, 1.82) is 0 Å². The third kappa shape index (κ3) is 4.81. The molecule has 2 rings (SSSR count). The zero-order chi connectivity index (χ0) is 13.5. The van der Waals surface area contributed by atoms with Crippen molar-refractivity contribution < 1.29 is 13.3 Å². The first-order chi connectivity index (χ1) is 8.52. The van der Waals surface area contributed by atoms with Crippen molar-refractivity contribution in [2.75, 3.05) is 0 Å². The standard InChI is InChI=1S/C7H8O2S.C6H11N2/c1-6-2-4-7(5-3-6)10(8)9;1-3-8-5-4-7(2)6-8/h2-5H,1H3,(H,8,9);4-6H,3H2,1-2H3/q;+1/p-1. The summed E-state index contributed by atoms with van der Waals surface area (Å²) in [5.74, 6) is 0. The third-order valence-electron chi connectivity index (χ3n) is 2.40. The highest BCUT2D eigenvalue weighted by Gasteiger charge is 1.92. The molecule has 1 heterocycles. The number of hydrogen-bond donors (Lipinski definition) is 0. The Hall–Kier alpha value is -1.46. The van der Waals surface area contributed by atoms with Crippen molar-refractivity contribution in [2.24, 2.45) is 7.05 Å². The van der Waals surface area contributed by atoms with Crippen LogP contribution >= 0.6 is 0 Å². The summed E-state index contributed by atoms with van der Waals surface area (Å²) in [7, 11) is 2.02. The summed E-state index contributed by atoms with van der Waals surface area (Å²) in [6.45, 7) is 5.10. The molecule has 1 atom stereocenters. The van der Waals surface area contributed by atoms with Gasteiger partial charge in [0.05, 0.1) is 13.6 Å². The zero-order valence-corrected chi connectivity index (χ0v) is 11.7. The second kappa shape index (κ2) is 7.08. The van der Waals surface area contributed by atoms with Gasteiger partial charge in [0.15, 0.2) is 0 Å². The Morgan fingerprint density at radius 2 is 1.94 bits per heavy atom. The molecule has 0 saturated carbocycles. The molecule has 0 radical (unpaired) electrons. The zero-order valence-electron chi connectivity index (χ0n) is 10.9. The van der Waals surface area contributed by atoms with Gasteiger partial charge in [0.1, 0.15) is 12.4 Å². The Balaban J connectivity index is 0.000000184. The average molecular weight is 266 g/mol. The van der Waals surface area contributed by atoms with Crippen LogP contribution in [0.4, 0.5) is 0 Å². The predicted octanol–water partition coefficient (Wildman–Crippen LogP) is 1.57. The molecular formula is C13H18N2O2S. The molecule has 0 saturated heterocycles. The lowest BCUT2D eigenvalue weighted by Crippen LogP contribution is -2.28. The third-order valence-corrected chi connectivity index (χ3v) is 3.06. The van der Waals surface area contributed by atoms with Crippen molar-refractivity contribution in [3.63, 3.8) is 0 Å². The molecule has 2 aromatic rings.